The molecule has 2 heteroatoms. The fourth-order valence-corrected chi connectivity index (χ4v) is 0.904. The van der Waals surface area contributed by atoms with Crippen LogP contribution in [0, 0.1) is 22.7 Å². The smallest absolute Gasteiger partial charge is 0.0998 e. The van der Waals surface area contributed by atoms with Gasteiger partial charge in [-0.25, -0.2) is 0 Å². The Morgan fingerprint density at radius 3 is 2.58 bits per heavy atom. The maximum atomic E-state index is 8.61. The third kappa shape index (κ3) is 1.19. The topological polar surface area (TPSA) is 47.6 Å². The van der Waals surface area contributed by atoms with Crippen LogP contribution in [0.15, 0.2) is 12.1 Å². The molecule has 1 aromatic rings. The van der Waals surface area contributed by atoms with Gasteiger partial charge in [-0.15, -0.1) is 0 Å². The largest absolute Gasteiger partial charge is 0.192 e. The van der Waals surface area contributed by atoms with Crippen LogP contribution in [-0.2, 0) is 0 Å². The van der Waals surface area contributed by atoms with Gasteiger partial charge < -0.3 is 0 Å². The molecule has 0 atom stereocenters. The summed E-state index contributed by atoms with van der Waals surface area (Å²) in [5.74, 6) is 0. The van der Waals surface area contributed by atoms with E-state index in [9.17, 15) is 0 Å². The van der Waals surface area contributed by atoms with Crippen molar-refractivity contribution in [2.75, 3.05) is 0 Å². The van der Waals surface area contributed by atoms with Gasteiger partial charge in [0, 0.05) is 0 Å². The minimum Gasteiger partial charge on any atom is -0.192 e. The molecule has 0 radical (unpaired) electrons. The summed E-state index contributed by atoms with van der Waals surface area (Å²) in [5, 5.41) is 18.4. The van der Waals surface area contributed by atoms with E-state index in [4.69, 9.17) is 10.5 Å². The second-order valence-corrected chi connectivity index (χ2v) is 2.39. The van der Waals surface area contributed by atoms with Gasteiger partial charge in [0.25, 0.3) is 0 Å². The molecule has 0 N–H and O–H groups in total. The Kier molecular flexibility index (Phi) is 1.94. The molecule has 0 unspecified atom stereocenters. The minimum atomic E-state index is 0.430. The molecule has 0 fully saturated rings. The molecule has 0 aromatic heterocycles. The number of rotatable bonds is 0. The Labute approximate surface area is 70.3 Å². The van der Waals surface area contributed by atoms with Crippen molar-refractivity contribution in [2.45, 2.75) is 0 Å². The zero-order valence-electron chi connectivity index (χ0n) is 6.46. The predicted molar refractivity (Wildman–Crippen MR) is 46.2 cm³/mol. The molecule has 0 spiro atoms. The van der Waals surface area contributed by atoms with E-state index in [1.165, 1.54) is 6.07 Å². The van der Waals surface area contributed by atoms with Crippen LogP contribution in [-0.4, -0.2) is 0 Å². The maximum absolute atomic E-state index is 8.61. The van der Waals surface area contributed by atoms with Crippen LogP contribution in [0.5, 0.6) is 0 Å². The molecular weight excluding hydrogens is 148 g/mol. The first-order chi connectivity index (χ1) is 5.69. The SMILES string of the molecule is C=c1[cH-]c(=C)[c+](C#N)cc1C#N. The second kappa shape index (κ2) is 2.90. The van der Waals surface area contributed by atoms with E-state index < -0.39 is 0 Å². The fraction of sp³-hybridized carbons (Fsp3) is 0. The van der Waals surface area contributed by atoms with E-state index in [0.717, 1.165) is 0 Å². The number of hydrogen-bond donors (Lipinski definition) is 0. The summed E-state index contributed by atoms with van der Waals surface area (Å²) in [5.41, 5.74) is 0.859. The predicted octanol–water partition coefficient (Wildman–Crippen LogP) is 0.251. The molecule has 56 valence electrons. The summed E-state index contributed by atoms with van der Waals surface area (Å²) < 4.78 is 0. The zero-order valence-corrected chi connectivity index (χ0v) is 6.46. The van der Waals surface area contributed by atoms with Gasteiger partial charge in [0.1, 0.15) is 0 Å². The highest BCUT2D eigenvalue weighted by atomic mass is 14.3. The van der Waals surface area contributed by atoms with Crippen molar-refractivity contribution < 1.29 is 0 Å². The van der Waals surface area contributed by atoms with Crippen molar-refractivity contribution in [2.24, 2.45) is 0 Å². The number of hydrogen-bond acceptors (Lipinski definition) is 2. The lowest BCUT2D eigenvalue weighted by Gasteiger charge is -1.92. The molecule has 0 saturated heterocycles. The molecule has 0 aliphatic carbocycles. The second-order valence-electron chi connectivity index (χ2n) is 2.39. The number of benzene rings is 1. The maximum Gasteiger partial charge on any atom is 0.0998 e. The van der Waals surface area contributed by atoms with E-state index in [1.54, 1.807) is 6.07 Å². The lowest BCUT2D eigenvalue weighted by atomic mass is 10.1. The normalized spacial score (nSPS) is 8.50. The Morgan fingerprint density at radius 2 is 2.08 bits per heavy atom. The highest BCUT2D eigenvalue weighted by Crippen LogP contribution is 1.90. The standard InChI is InChI=1S/C10H6N2/c1-7-3-8(2)10(6-12)4-9(7)5-11/h3-4H,1-2H2. The summed E-state index contributed by atoms with van der Waals surface area (Å²) in [7, 11) is 0. The van der Waals surface area contributed by atoms with E-state index in [1.807, 2.05) is 12.1 Å². The number of nitrogens with zero attached hydrogens (tertiary/aromatic N) is 2. The lowest BCUT2D eigenvalue weighted by Crippen LogP contribution is -2.15. The van der Waals surface area contributed by atoms with Crippen molar-refractivity contribution in [3.63, 3.8) is 0 Å². The highest BCUT2D eigenvalue weighted by molar-refractivity contribution is 5.42. The van der Waals surface area contributed by atoms with E-state index in [0.29, 0.717) is 21.6 Å². The van der Waals surface area contributed by atoms with Crippen LogP contribution in [0.3, 0.4) is 0 Å². The minimum absolute atomic E-state index is 0.430. The first-order valence-electron chi connectivity index (χ1n) is 3.31. The zero-order chi connectivity index (χ0) is 9.14. The van der Waals surface area contributed by atoms with Gasteiger partial charge in [0.05, 0.1) is 23.3 Å². The van der Waals surface area contributed by atoms with Gasteiger partial charge in [-0.2, -0.15) is 10.5 Å². The van der Waals surface area contributed by atoms with Crippen molar-refractivity contribution >= 4 is 13.2 Å². The third-order valence-corrected chi connectivity index (χ3v) is 1.57. The molecule has 0 saturated carbocycles. The van der Waals surface area contributed by atoms with E-state index in [2.05, 4.69) is 13.2 Å². The quantitative estimate of drug-likeness (QED) is 0.503. The van der Waals surface area contributed by atoms with Gasteiger partial charge >= 0.3 is 0 Å². The molecule has 0 aliphatic heterocycles. The number of nitriles is 2. The average Bonchev–Trinajstić information content (AvgIpc) is 2.05. The van der Waals surface area contributed by atoms with Gasteiger partial charge in [0.2, 0.25) is 0 Å². The lowest BCUT2D eigenvalue weighted by molar-refractivity contribution is 1.40. The van der Waals surface area contributed by atoms with Gasteiger partial charge in [0.15, 0.2) is 0 Å². The summed E-state index contributed by atoms with van der Waals surface area (Å²) >= 11 is 0. The third-order valence-electron chi connectivity index (χ3n) is 1.57. The molecule has 0 amide bonds. The van der Waals surface area contributed by atoms with Crippen molar-refractivity contribution in [3.05, 3.63) is 33.7 Å². The Bertz CT molecular complexity index is 443. The molecule has 0 heterocycles. The fourth-order valence-electron chi connectivity index (χ4n) is 0.904. The average molecular weight is 154 g/mol. The Hall–Kier alpha value is -2.06. The summed E-state index contributed by atoms with van der Waals surface area (Å²) in [6, 6.07) is 7.05. The van der Waals surface area contributed by atoms with Gasteiger partial charge in [-0.1, -0.05) is 13.2 Å². The van der Waals surface area contributed by atoms with Crippen LogP contribution >= 0.6 is 0 Å². The first kappa shape index (κ1) is 8.04. The monoisotopic (exact) mass is 154 g/mol. The highest BCUT2D eigenvalue weighted by Gasteiger charge is 1.96. The van der Waals surface area contributed by atoms with Crippen LogP contribution in [0.4, 0.5) is 0 Å². The molecular formula is C10H6N2. The van der Waals surface area contributed by atoms with E-state index >= 15 is 0 Å². The van der Waals surface area contributed by atoms with Crippen molar-refractivity contribution in [1.82, 2.24) is 0 Å². The van der Waals surface area contributed by atoms with Crippen LogP contribution < -0.4 is 10.4 Å². The van der Waals surface area contributed by atoms with Crippen LogP contribution in [0.2, 0.25) is 0 Å². The van der Waals surface area contributed by atoms with Gasteiger partial charge in [-0.05, 0) is 22.6 Å². The summed E-state index contributed by atoms with van der Waals surface area (Å²) in [6.45, 7) is 7.31. The molecule has 0 bridgehead atoms. The Balaban J connectivity index is 3.65. The summed E-state index contributed by atoms with van der Waals surface area (Å²) in [6.07, 6.45) is 0. The molecule has 12 heavy (non-hydrogen) atoms. The molecule has 1 aromatic carbocycles. The Morgan fingerprint density at radius 1 is 1.42 bits per heavy atom. The molecule has 2 nitrogen and oxygen atoms in total. The van der Waals surface area contributed by atoms with Gasteiger partial charge in [-0.3, -0.25) is 0 Å². The van der Waals surface area contributed by atoms with Crippen LogP contribution in [0.25, 0.3) is 13.2 Å². The molecule has 0 aliphatic rings. The van der Waals surface area contributed by atoms with Crippen molar-refractivity contribution in [3.8, 4) is 12.1 Å². The first-order valence-corrected chi connectivity index (χ1v) is 3.31. The van der Waals surface area contributed by atoms with Crippen LogP contribution in [0.1, 0.15) is 11.1 Å². The van der Waals surface area contributed by atoms with Crippen molar-refractivity contribution in [1.29, 1.82) is 10.5 Å². The molecule has 1 rings (SSSR count). The van der Waals surface area contributed by atoms with E-state index in [-0.39, 0.29) is 0 Å². The summed E-state index contributed by atoms with van der Waals surface area (Å²) in [4.78, 5) is 0.